The number of aryl methyl sites for hydroxylation is 2. The van der Waals surface area contributed by atoms with Crippen LogP contribution < -0.4 is 4.90 Å². The topological polar surface area (TPSA) is 25.2 Å². The lowest BCUT2D eigenvalue weighted by molar-refractivity contribution is -0.120. The van der Waals surface area contributed by atoms with Crippen molar-refractivity contribution in [1.29, 1.82) is 0 Å². The summed E-state index contributed by atoms with van der Waals surface area (Å²) in [6.45, 7) is 9.12. The molecule has 0 spiro atoms. The fourth-order valence-electron chi connectivity index (χ4n) is 4.05. The Kier molecular flexibility index (Phi) is 4.39. The Hall–Kier alpha value is -2.81. The van der Waals surface area contributed by atoms with Gasteiger partial charge in [0.2, 0.25) is 0 Å². The van der Waals surface area contributed by atoms with Crippen LogP contribution in [-0.2, 0) is 11.3 Å². The number of amides is 1. The number of aromatic nitrogens is 1. The first-order valence-electron chi connectivity index (χ1n) is 9.61. The van der Waals surface area contributed by atoms with Crippen LogP contribution in [0.1, 0.15) is 53.9 Å². The zero-order valence-electron chi connectivity index (χ0n) is 16.4. The van der Waals surface area contributed by atoms with E-state index in [2.05, 4.69) is 80.8 Å². The van der Waals surface area contributed by atoms with Crippen LogP contribution in [0.25, 0.3) is 0 Å². The monoisotopic (exact) mass is 358 g/mol. The average molecular weight is 358 g/mol. The Morgan fingerprint density at radius 3 is 2.15 bits per heavy atom. The van der Waals surface area contributed by atoms with E-state index in [0.717, 1.165) is 28.2 Å². The second-order valence-corrected chi connectivity index (χ2v) is 7.77. The molecule has 1 amide bonds. The molecule has 0 fully saturated rings. The summed E-state index contributed by atoms with van der Waals surface area (Å²) in [5.74, 6) is 0.656. The van der Waals surface area contributed by atoms with Gasteiger partial charge in [-0.3, -0.25) is 4.79 Å². The fraction of sp³-hybridized carbons (Fsp3) is 0.292. The molecular weight excluding hydrogens is 332 g/mol. The Labute approximate surface area is 161 Å². The first kappa shape index (κ1) is 17.6. The highest BCUT2D eigenvalue weighted by Gasteiger charge is 2.38. The minimum atomic E-state index is -0.272. The number of carbonyl (C=O) groups is 1. The molecule has 3 aromatic rings. The molecule has 0 bridgehead atoms. The van der Waals surface area contributed by atoms with Crippen molar-refractivity contribution < 1.29 is 4.79 Å². The Morgan fingerprint density at radius 2 is 1.52 bits per heavy atom. The SMILES string of the molecule is Cc1ccc(C)n1C1C(=O)N(Cc2ccc(C(C)C)cc2)c2ccccc21. The lowest BCUT2D eigenvalue weighted by Gasteiger charge is -2.20. The van der Waals surface area contributed by atoms with E-state index in [9.17, 15) is 4.79 Å². The van der Waals surface area contributed by atoms with Crippen LogP contribution in [0.5, 0.6) is 0 Å². The van der Waals surface area contributed by atoms with Gasteiger partial charge in [0.15, 0.2) is 0 Å². The molecule has 1 unspecified atom stereocenters. The molecule has 0 radical (unpaired) electrons. The summed E-state index contributed by atoms with van der Waals surface area (Å²) in [6, 6.07) is 20.7. The van der Waals surface area contributed by atoms with E-state index in [1.54, 1.807) is 0 Å². The van der Waals surface area contributed by atoms with Gasteiger partial charge in [0.25, 0.3) is 5.91 Å². The van der Waals surface area contributed by atoms with E-state index in [0.29, 0.717) is 12.5 Å². The Bertz CT molecular complexity index is 962. The molecule has 4 rings (SSSR count). The van der Waals surface area contributed by atoms with Gasteiger partial charge in [-0.05, 0) is 49.1 Å². The molecule has 1 aliphatic heterocycles. The van der Waals surface area contributed by atoms with Crippen LogP contribution >= 0.6 is 0 Å². The van der Waals surface area contributed by atoms with Gasteiger partial charge in [0.05, 0.1) is 6.54 Å². The van der Waals surface area contributed by atoms with Gasteiger partial charge >= 0.3 is 0 Å². The minimum absolute atomic E-state index is 0.145. The number of hydrogen-bond donors (Lipinski definition) is 0. The average Bonchev–Trinajstić information content (AvgIpc) is 3.12. The zero-order chi connectivity index (χ0) is 19.1. The smallest absolute Gasteiger partial charge is 0.255 e. The third kappa shape index (κ3) is 2.97. The third-order valence-corrected chi connectivity index (χ3v) is 5.59. The van der Waals surface area contributed by atoms with Crippen LogP contribution in [0, 0.1) is 13.8 Å². The summed E-state index contributed by atoms with van der Waals surface area (Å²) in [4.78, 5) is 15.4. The number of benzene rings is 2. The molecule has 2 aromatic carbocycles. The van der Waals surface area contributed by atoms with Crippen LogP contribution in [-0.4, -0.2) is 10.5 Å². The maximum absolute atomic E-state index is 13.4. The van der Waals surface area contributed by atoms with Gasteiger partial charge in [0, 0.05) is 22.6 Å². The van der Waals surface area contributed by atoms with Crippen molar-refractivity contribution in [3.8, 4) is 0 Å². The number of anilines is 1. The van der Waals surface area contributed by atoms with E-state index < -0.39 is 0 Å². The lowest BCUT2D eigenvalue weighted by Crippen LogP contribution is -2.31. The van der Waals surface area contributed by atoms with Crippen molar-refractivity contribution in [2.24, 2.45) is 0 Å². The van der Waals surface area contributed by atoms with Crippen molar-refractivity contribution in [1.82, 2.24) is 4.57 Å². The number of para-hydroxylation sites is 1. The van der Waals surface area contributed by atoms with Crippen LogP contribution in [0.15, 0.2) is 60.7 Å². The van der Waals surface area contributed by atoms with Crippen molar-refractivity contribution in [2.45, 2.75) is 46.2 Å². The maximum Gasteiger partial charge on any atom is 0.255 e. The number of nitrogens with zero attached hydrogens (tertiary/aromatic N) is 2. The largest absolute Gasteiger partial charge is 0.333 e. The van der Waals surface area contributed by atoms with Crippen LogP contribution in [0.3, 0.4) is 0 Å². The molecule has 1 aliphatic rings. The number of carbonyl (C=O) groups excluding carboxylic acids is 1. The van der Waals surface area contributed by atoms with Crippen molar-refractivity contribution >= 4 is 11.6 Å². The Balaban J connectivity index is 1.71. The highest BCUT2D eigenvalue weighted by molar-refractivity contribution is 6.04. The van der Waals surface area contributed by atoms with E-state index in [-0.39, 0.29) is 11.9 Å². The number of fused-ring (bicyclic) bond motifs is 1. The van der Waals surface area contributed by atoms with E-state index in [1.807, 2.05) is 17.0 Å². The predicted octanol–water partition coefficient (Wildman–Crippen LogP) is 5.36. The van der Waals surface area contributed by atoms with Crippen LogP contribution in [0.4, 0.5) is 5.69 Å². The molecule has 0 N–H and O–H groups in total. The lowest BCUT2D eigenvalue weighted by atomic mass is 10.0. The number of hydrogen-bond acceptors (Lipinski definition) is 1. The molecule has 0 saturated heterocycles. The molecule has 0 saturated carbocycles. The van der Waals surface area contributed by atoms with Crippen LogP contribution in [0.2, 0.25) is 0 Å². The molecule has 3 nitrogen and oxygen atoms in total. The van der Waals surface area contributed by atoms with Gasteiger partial charge in [-0.15, -0.1) is 0 Å². The molecule has 1 atom stereocenters. The highest BCUT2D eigenvalue weighted by atomic mass is 16.2. The van der Waals surface area contributed by atoms with Gasteiger partial charge in [0.1, 0.15) is 6.04 Å². The van der Waals surface area contributed by atoms with Crippen molar-refractivity contribution in [2.75, 3.05) is 4.90 Å². The van der Waals surface area contributed by atoms with Gasteiger partial charge in [-0.1, -0.05) is 56.3 Å². The molecule has 3 heteroatoms. The second-order valence-electron chi connectivity index (χ2n) is 7.77. The van der Waals surface area contributed by atoms with Crippen molar-refractivity contribution in [3.05, 3.63) is 88.7 Å². The van der Waals surface area contributed by atoms with Gasteiger partial charge in [-0.25, -0.2) is 0 Å². The first-order valence-corrected chi connectivity index (χ1v) is 9.61. The molecule has 2 heterocycles. The summed E-state index contributed by atoms with van der Waals surface area (Å²) in [6.07, 6.45) is 0. The van der Waals surface area contributed by atoms with E-state index in [4.69, 9.17) is 0 Å². The summed E-state index contributed by atoms with van der Waals surface area (Å²) in [7, 11) is 0. The normalized spacial score (nSPS) is 16.3. The molecular formula is C24H26N2O. The molecule has 138 valence electrons. The highest BCUT2D eigenvalue weighted by Crippen LogP contribution is 2.40. The summed E-state index contributed by atoms with van der Waals surface area (Å²) in [5.41, 5.74) is 6.82. The summed E-state index contributed by atoms with van der Waals surface area (Å²) < 4.78 is 2.16. The van der Waals surface area contributed by atoms with Crippen molar-refractivity contribution in [3.63, 3.8) is 0 Å². The predicted molar refractivity (Wildman–Crippen MR) is 110 cm³/mol. The maximum atomic E-state index is 13.4. The van der Waals surface area contributed by atoms with E-state index >= 15 is 0 Å². The zero-order valence-corrected chi connectivity index (χ0v) is 16.4. The Morgan fingerprint density at radius 1 is 0.889 bits per heavy atom. The van der Waals surface area contributed by atoms with E-state index in [1.165, 1.54) is 5.56 Å². The summed E-state index contributed by atoms with van der Waals surface area (Å²) in [5, 5.41) is 0. The second kappa shape index (κ2) is 6.73. The van der Waals surface area contributed by atoms with Gasteiger partial charge in [-0.2, -0.15) is 0 Å². The van der Waals surface area contributed by atoms with Gasteiger partial charge < -0.3 is 9.47 Å². The molecule has 1 aromatic heterocycles. The molecule has 0 aliphatic carbocycles. The first-order chi connectivity index (χ1) is 13.0. The standard InChI is InChI=1S/C24H26N2O/c1-16(2)20-13-11-19(12-14-20)15-25-22-8-6-5-7-21(22)23(24(25)27)26-17(3)9-10-18(26)4/h5-14,16,23H,15H2,1-4H3. The summed E-state index contributed by atoms with van der Waals surface area (Å²) >= 11 is 0. The fourth-order valence-corrected chi connectivity index (χ4v) is 4.05. The minimum Gasteiger partial charge on any atom is -0.333 e. The quantitative estimate of drug-likeness (QED) is 0.616. The third-order valence-electron chi connectivity index (χ3n) is 5.59. The molecule has 27 heavy (non-hydrogen) atoms. The number of rotatable bonds is 4.